The lowest BCUT2D eigenvalue weighted by Gasteiger charge is -2.08. The van der Waals surface area contributed by atoms with E-state index < -0.39 is 0 Å². The third-order valence-corrected chi connectivity index (χ3v) is 4.03. The van der Waals surface area contributed by atoms with Gasteiger partial charge in [0.1, 0.15) is 18.1 Å². The van der Waals surface area contributed by atoms with E-state index in [1.54, 1.807) is 7.11 Å². The van der Waals surface area contributed by atoms with Gasteiger partial charge in [-0.2, -0.15) is 0 Å². The lowest BCUT2D eigenvalue weighted by Crippen LogP contribution is -2.29. The van der Waals surface area contributed by atoms with E-state index in [-0.39, 0.29) is 12.0 Å². The Labute approximate surface area is 152 Å². The van der Waals surface area contributed by atoms with Crippen LogP contribution in [0.1, 0.15) is 23.7 Å². The number of rotatable bonds is 8. The van der Waals surface area contributed by atoms with Crippen molar-refractivity contribution >= 4 is 11.6 Å². The Kier molecular flexibility index (Phi) is 6.22. The van der Waals surface area contributed by atoms with Gasteiger partial charge in [-0.15, -0.1) is 0 Å². The molecule has 1 N–H and O–H groups in total. The number of hydrogen-bond donors (Lipinski definition) is 1. The molecular formula is C20H22N2O4. The molecule has 26 heavy (non-hydrogen) atoms. The summed E-state index contributed by atoms with van der Waals surface area (Å²) in [6, 6.07) is 17.4. The highest BCUT2D eigenvalue weighted by molar-refractivity contribution is 6.39. The molecule has 0 aromatic heterocycles. The molecule has 0 aliphatic carbocycles. The number of carbonyl (C=O) groups excluding carboxylic acids is 1. The Morgan fingerprint density at radius 3 is 2.65 bits per heavy atom. The molecule has 0 saturated heterocycles. The van der Waals surface area contributed by atoms with E-state index in [1.165, 1.54) is 0 Å². The Morgan fingerprint density at radius 1 is 1.15 bits per heavy atom. The zero-order valence-corrected chi connectivity index (χ0v) is 14.7. The van der Waals surface area contributed by atoms with E-state index in [0.29, 0.717) is 31.9 Å². The summed E-state index contributed by atoms with van der Waals surface area (Å²) in [4.78, 5) is 17.7. The Balaban J connectivity index is 1.45. The van der Waals surface area contributed by atoms with Gasteiger partial charge < -0.3 is 19.6 Å². The maximum absolute atomic E-state index is 12.3. The number of amides is 1. The minimum atomic E-state index is -0.205. The first kappa shape index (κ1) is 17.9. The number of nitrogens with zero attached hydrogens (tertiary/aromatic N) is 1. The zero-order chi connectivity index (χ0) is 18.2. The minimum absolute atomic E-state index is 0.194. The lowest BCUT2D eigenvalue weighted by atomic mass is 10.0. The van der Waals surface area contributed by atoms with Gasteiger partial charge in [0.15, 0.2) is 6.10 Å². The summed E-state index contributed by atoms with van der Waals surface area (Å²) in [5.41, 5.74) is 2.41. The molecule has 0 fully saturated rings. The number of nitrogens with one attached hydrogen (secondary N) is 1. The fraction of sp³-hybridized carbons (Fsp3) is 0.300. The van der Waals surface area contributed by atoms with Crippen LogP contribution in [-0.4, -0.2) is 31.9 Å². The SMILES string of the molecule is COCCOc1ccc(CNC(=O)C2=NOC(c3ccccc3)C2)cc1. The molecule has 1 amide bonds. The predicted molar refractivity (Wildman–Crippen MR) is 98.0 cm³/mol. The molecular weight excluding hydrogens is 332 g/mol. The summed E-state index contributed by atoms with van der Waals surface area (Å²) < 4.78 is 10.5. The van der Waals surface area contributed by atoms with Gasteiger partial charge in [-0.3, -0.25) is 4.79 Å². The van der Waals surface area contributed by atoms with Crippen molar-refractivity contribution in [3.8, 4) is 5.75 Å². The van der Waals surface area contributed by atoms with Crippen molar-refractivity contribution in [2.75, 3.05) is 20.3 Å². The monoisotopic (exact) mass is 354 g/mol. The maximum atomic E-state index is 12.3. The summed E-state index contributed by atoms with van der Waals surface area (Å²) in [5.74, 6) is 0.570. The standard InChI is InChI=1S/C20H22N2O4/c1-24-11-12-25-17-9-7-15(8-10-17)14-21-20(23)18-13-19(26-22-18)16-5-3-2-4-6-16/h2-10,19H,11-14H2,1H3,(H,21,23). The molecule has 6 heteroatoms. The molecule has 1 atom stereocenters. The van der Waals surface area contributed by atoms with Gasteiger partial charge >= 0.3 is 0 Å². The summed E-state index contributed by atoms with van der Waals surface area (Å²) in [5, 5.41) is 6.81. The van der Waals surface area contributed by atoms with Crippen LogP contribution in [0, 0.1) is 0 Å². The average Bonchev–Trinajstić information content (AvgIpc) is 3.18. The van der Waals surface area contributed by atoms with Crippen molar-refractivity contribution in [1.82, 2.24) is 5.32 Å². The van der Waals surface area contributed by atoms with Crippen LogP contribution in [0.3, 0.4) is 0 Å². The second-order valence-electron chi connectivity index (χ2n) is 5.91. The summed E-state index contributed by atoms with van der Waals surface area (Å²) in [6.07, 6.45) is 0.280. The summed E-state index contributed by atoms with van der Waals surface area (Å²) >= 11 is 0. The number of ether oxygens (including phenoxy) is 2. The molecule has 0 spiro atoms. The van der Waals surface area contributed by atoms with E-state index in [4.69, 9.17) is 14.3 Å². The smallest absolute Gasteiger partial charge is 0.269 e. The molecule has 2 aromatic rings. The van der Waals surface area contributed by atoms with E-state index in [1.807, 2.05) is 54.6 Å². The lowest BCUT2D eigenvalue weighted by molar-refractivity contribution is -0.115. The normalized spacial score (nSPS) is 15.9. The van der Waals surface area contributed by atoms with Gasteiger partial charge in [0.05, 0.1) is 6.61 Å². The molecule has 0 bridgehead atoms. The fourth-order valence-electron chi connectivity index (χ4n) is 2.59. The number of oxime groups is 1. The highest BCUT2D eigenvalue weighted by Gasteiger charge is 2.26. The molecule has 0 saturated carbocycles. The van der Waals surface area contributed by atoms with Crippen LogP contribution >= 0.6 is 0 Å². The molecule has 1 aliphatic rings. The van der Waals surface area contributed by atoms with Gasteiger partial charge in [-0.25, -0.2) is 0 Å². The van der Waals surface area contributed by atoms with Crippen molar-refractivity contribution in [1.29, 1.82) is 0 Å². The van der Waals surface area contributed by atoms with E-state index in [9.17, 15) is 4.79 Å². The molecule has 1 aliphatic heterocycles. The highest BCUT2D eigenvalue weighted by Crippen LogP contribution is 2.26. The van der Waals surface area contributed by atoms with Crippen molar-refractivity contribution in [3.63, 3.8) is 0 Å². The minimum Gasteiger partial charge on any atom is -0.491 e. The summed E-state index contributed by atoms with van der Waals surface area (Å²) in [7, 11) is 1.64. The van der Waals surface area contributed by atoms with Gasteiger partial charge in [0, 0.05) is 20.1 Å². The summed E-state index contributed by atoms with van der Waals surface area (Å²) in [6.45, 7) is 1.48. The van der Waals surface area contributed by atoms with Gasteiger partial charge in [0.25, 0.3) is 5.91 Å². The molecule has 1 unspecified atom stereocenters. The average molecular weight is 354 g/mol. The van der Waals surface area contributed by atoms with E-state index >= 15 is 0 Å². The molecule has 0 radical (unpaired) electrons. The third kappa shape index (κ3) is 4.83. The van der Waals surface area contributed by atoms with Gasteiger partial charge in [-0.1, -0.05) is 47.6 Å². The fourth-order valence-corrected chi connectivity index (χ4v) is 2.59. The topological polar surface area (TPSA) is 69.2 Å². The van der Waals surface area contributed by atoms with Crippen LogP contribution < -0.4 is 10.1 Å². The first-order valence-electron chi connectivity index (χ1n) is 8.53. The zero-order valence-electron chi connectivity index (χ0n) is 14.7. The van der Waals surface area contributed by atoms with Crippen molar-refractivity contribution in [2.45, 2.75) is 19.1 Å². The molecule has 1 heterocycles. The predicted octanol–water partition coefficient (Wildman–Crippen LogP) is 2.85. The van der Waals surface area contributed by atoms with Gasteiger partial charge in [0.2, 0.25) is 0 Å². The van der Waals surface area contributed by atoms with Crippen LogP contribution in [0.5, 0.6) is 5.75 Å². The first-order chi connectivity index (χ1) is 12.8. The van der Waals surface area contributed by atoms with Gasteiger partial charge in [-0.05, 0) is 23.3 Å². The largest absolute Gasteiger partial charge is 0.491 e. The second-order valence-corrected chi connectivity index (χ2v) is 5.91. The third-order valence-electron chi connectivity index (χ3n) is 4.03. The quantitative estimate of drug-likeness (QED) is 0.740. The van der Waals surface area contributed by atoms with E-state index in [0.717, 1.165) is 16.9 Å². The highest BCUT2D eigenvalue weighted by atomic mass is 16.6. The molecule has 2 aromatic carbocycles. The number of carbonyl (C=O) groups is 1. The number of hydrogen-bond acceptors (Lipinski definition) is 5. The Bertz CT molecular complexity index is 744. The van der Waals surface area contributed by atoms with Crippen LogP contribution in [0.2, 0.25) is 0 Å². The molecule has 3 rings (SSSR count). The molecule has 136 valence electrons. The Hall–Kier alpha value is -2.86. The number of methoxy groups -OCH3 is 1. The van der Waals surface area contributed by atoms with Crippen LogP contribution in [0.25, 0.3) is 0 Å². The van der Waals surface area contributed by atoms with E-state index in [2.05, 4.69) is 10.5 Å². The van der Waals surface area contributed by atoms with Crippen molar-refractivity contribution in [3.05, 3.63) is 65.7 Å². The van der Waals surface area contributed by atoms with Crippen LogP contribution in [0.4, 0.5) is 0 Å². The Morgan fingerprint density at radius 2 is 1.92 bits per heavy atom. The molecule has 6 nitrogen and oxygen atoms in total. The van der Waals surface area contributed by atoms with Crippen molar-refractivity contribution < 1.29 is 19.1 Å². The van der Waals surface area contributed by atoms with Crippen LogP contribution in [-0.2, 0) is 20.9 Å². The second kappa shape index (κ2) is 9.01. The maximum Gasteiger partial charge on any atom is 0.269 e. The van der Waals surface area contributed by atoms with Crippen LogP contribution in [0.15, 0.2) is 59.8 Å². The number of benzene rings is 2. The first-order valence-corrected chi connectivity index (χ1v) is 8.53. The van der Waals surface area contributed by atoms with Crippen molar-refractivity contribution in [2.24, 2.45) is 5.16 Å².